The molecule has 0 saturated carbocycles. The average Bonchev–Trinajstić information content (AvgIpc) is 3.63. The van der Waals surface area contributed by atoms with E-state index in [2.05, 4.69) is 0 Å². The van der Waals surface area contributed by atoms with E-state index in [0.717, 1.165) is 50.1 Å². The van der Waals surface area contributed by atoms with Gasteiger partial charge in [-0.3, -0.25) is 4.79 Å². The van der Waals surface area contributed by atoms with Crippen molar-refractivity contribution in [2.24, 2.45) is 0 Å². The van der Waals surface area contributed by atoms with Crippen LogP contribution in [0.25, 0.3) is 0 Å². The van der Waals surface area contributed by atoms with Crippen molar-refractivity contribution in [3.63, 3.8) is 0 Å². The van der Waals surface area contributed by atoms with Gasteiger partial charge in [-0.2, -0.15) is 0 Å². The summed E-state index contributed by atoms with van der Waals surface area (Å²) in [7, 11) is 0. The summed E-state index contributed by atoms with van der Waals surface area (Å²) >= 11 is 1.62. The van der Waals surface area contributed by atoms with Crippen molar-refractivity contribution < 1.29 is 52.2 Å². The minimum atomic E-state index is -1.11. The second kappa shape index (κ2) is 31.0. The summed E-state index contributed by atoms with van der Waals surface area (Å²) < 4.78 is 71.4. The van der Waals surface area contributed by atoms with E-state index in [-0.39, 0.29) is 46.2 Å². The Morgan fingerprint density at radius 1 is 0.333 bits per heavy atom. The molecule has 10 atom stereocenters. The second-order valence-corrected chi connectivity index (χ2v) is 21.3. The highest BCUT2D eigenvalue weighted by atomic mass is 32.2. The Labute approximate surface area is 480 Å². The Hall–Kier alpha value is -6.62. The monoisotopic (exact) mass is 1110 g/mol. The first-order valence-electron chi connectivity index (χ1n) is 27.8. The normalized spacial score (nSPS) is 22.7. The van der Waals surface area contributed by atoms with Crippen molar-refractivity contribution in [3.8, 4) is 0 Å². The van der Waals surface area contributed by atoms with Crippen molar-refractivity contribution in [1.82, 2.24) is 0 Å². The first-order valence-corrected chi connectivity index (χ1v) is 28.8. The first-order chi connectivity index (χ1) is 40.1. The van der Waals surface area contributed by atoms with Crippen LogP contribution in [0.5, 0.6) is 0 Å². The number of hydrogen-bond acceptors (Lipinski definition) is 12. The number of ether oxygens (including phenoxy) is 10. The summed E-state index contributed by atoms with van der Waals surface area (Å²) in [4.78, 5) is 12.6. The highest BCUT2D eigenvalue weighted by Gasteiger charge is 2.54. The number of rotatable bonds is 29. The van der Waals surface area contributed by atoms with Gasteiger partial charge in [-0.05, 0) is 51.1 Å². The van der Waals surface area contributed by atoms with Crippen molar-refractivity contribution in [1.29, 1.82) is 0 Å². The van der Waals surface area contributed by atoms with Crippen LogP contribution in [-0.2, 0) is 93.6 Å². The fourth-order valence-electron chi connectivity index (χ4n) is 10.0. The van der Waals surface area contributed by atoms with E-state index < -0.39 is 61.2 Å². The lowest BCUT2D eigenvalue weighted by molar-refractivity contribution is -0.362. The van der Waals surface area contributed by atoms with E-state index in [1.807, 2.05) is 237 Å². The Morgan fingerprint density at radius 3 is 1.04 bits per heavy atom. The smallest absolute Gasteiger partial charge is 0.187 e. The number of carbonyl (C=O) groups is 1. The van der Waals surface area contributed by atoms with E-state index in [9.17, 15) is 4.79 Å². The maximum Gasteiger partial charge on any atom is 0.187 e. The number of aldehydes is 1. The molecule has 0 aromatic heterocycles. The van der Waals surface area contributed by atoms with Crippen molar-refractivity contribution in [2.75, 3.05) is 19.0 Å². The lowest BCUT2D eigenvalue weighted by atomic mass is 9.93. The zero-order chi connectivity index (χ0) is 55.1. The number of carbonyl (C=O) groups excluding carboxylic acids is 1. The Kier molecular flexibility index (Phi) is 22.0. The van der Waals surface area contributed by atoms with E-state index in [1.165, 1.54) is 0 Å². The van der Waals surface area contributed by atoms with Gasteiger partial charge in [-0.1, -0.05) is 224 Å². The second-order valence-electron chi connectivity index (χ2n) is 20.2. The van der Waals surface area contributed by atoms with Crippen LogP contribution in [0.4, 0.5) is 0 Å². The van der Waals surface area contributed by atoms with Crippen molar-refractivity contribution in [3.05, 3.63) is 281 Å². The van der Waals surface area contributed by atoms with Gasteiger partial charge in [0.25, 0.3) is 0 Å². The van der Waals surface area contributed by atoms with Gasteiger partial charge in [0.05, 0.1) is 65.6 Å². The highest BCUT2D eigenvalue weighted by Crippen LogP contribution is 2.38. The fraction of sp³-hybridized carbons (Fsp3) is 0.290. The molecule has 8 aromatic rings. The summed E-state index contributed by atoms with van der Waals surface area (Å²) in [5, 5.41) is 0. The molecular weight excluding hydrogens is 1040 g/mol. The number of hydrogen-bond donors (Lipinski definition) is 0. The van der Waals surface area contributed by atoms with Crippen LogP contribution in [0, 0.1) is 0 Å². The van der Waals surface area contributed by atoms with Crippen LogP contribution in [0.15, 0.2) is 241 Å². The highest BCUT2D eigenvalue weighted by molar-refractivity contribution is 7.99. The molecule has 2 fully saturated rings. The Balaban J connectivity index is 1.06. The lowest BCUT2D eigenvalue weighted by Crippen LogP contribution is -2.66. The van der Waals surface area contributed by atoms with Gasteiger partial charge in [0.2, 0.25) is 0 Å². The molecule has 0 spiro atoms. The summed E-state index contributed by atoms with van der Waals surface area (Å²) in [6.45, 7) is 2.21. The van der Waals surface area contributed by atoms with Gasteiger partial charge < -0.3 is 47.4 Å². The standard InChI is InChI=1S/C69H70O11S/c70-40-51-36-38-59(39-37-51)81-50-62-64(74-44-55-28-14-4-15-29-55)66(75-45-56-30-16-5-17-31-56)65(61(78-62)49-72-42-53-24-10-2-11-25-53)80-69-68(77-47-58-34-20-7-21-35-58)67(76-46-57-32-18-6-19-33-57)63(73-43-54-26-12-3-13-27-54)60(79-69)48-71-41-52-22-8-1-9-23-52/h1-40,60-69H,41-50H2/t60?,61?,62-,63-,64?,65-,66+,67-,68?,69-/m0/s1. The van der Waals surface area contributed by atoms with Gasteiger partial charge in [-0.15, -0.1) is 11.8 Å². The third-order valence-corrected chi connectivity index (χ3v) is 15.4. The van der Waals surface area contributed by atoms with Gasteiger partial charge in [0.1, 0.15) is 55.1 Å². The van der Waals surface area contributed by atoms with Gasteiger partial charge in [0, 0.05) is 16.2 Å². The summed E-state index contributed by atoms with van der Waals surface area (Å²) in [6.07, 6.45) is -6.92. The SMILES string of the molecule is O=Cc1ccc(SC[C@@H]2OC(COCc3ccccc3)[C@H](O[C@@H]3OC(COCc4ccccc4)[C@H](OCc4ccccc4)[C@H](OCc4ccccc4)C3OCc3ccccc3)[C@H](OCc3ccccc3)C2OCc2ccccc2)cc1. The van der Waals surface area contributed by atoms with E-state index >= 15 is 0 Å². The first kappa shape index (κ1) is 57.6. The van der Waals surface area contributed by atoms with Crippen LogP contribution >= 0.6 is 11.8 Å². The molecule has 0 bridgehead atoms. The molecule has 10 rings (SSSR count). The van der Waals surface area contributed by atoms with Crippen LogP contribution in [0.1, 0.15) is 49.3 Å². The predicted molar refractivity (Wildman–Crippen MR) is 312 cm³/mol. The quantitative estimate of drug-likeness (QED) is 0.0329. The van der Waals surface area contributed by atoms with E-state index in [0.29, 0.717) is 24.5 Å². The van der Waals surface area contributed by atoms with Gasteiger partial charge in [0.15, 0.2) is 6.29 Å². The van der Waals surface area contributed by atoms with Crippen molar-refractivity contribution >= 4 is 18.0 Å². The third kappa shape index (κ3) is 17.2. The molecule has 81 heavy (non-hydrogen) atoms. The molecule has 8 aromatic carbocycles. The van der Waals surface area contributed by atoms with Crippen LogP contribution in [0.2, 0.25) is 0 Å². The average molecular weight is 1110 g/mol. The molecule has 0 N–H and O–H groups in total. The van der Waals surface area contributed by atoms with Crippen LogP contribution in [0.3, 0.4) is 0 Å². The molecule has 418 valence electrons. The molecule has 4 unspecified atom stereocenters. The third-order valence-electron chi connectivity index (χ3n) is 14.3. The zero-order valence-corrected chi connectivity index (χ0v) is 46.2. The van der Waals surface area contributed by atoms with E-state index in [1.54, 1.807) is 11.8 Å². The summed E-state index contributed by atoms with van der Waals surface area (Å²) in [5.74, 6) is 0.479. The van der Waals surface area contributed by atoms with Gasteiger partial charge >= 0.3 is 0 Å². The minimum absolute atomic E-state index is 0.133. The number of benzene rings is 8. The topological polar surface area (TPSA) is 109 Å². The van der Waals surface area contributed by atoms with Crippen molar-refractivity contribution in [2.45, 2.75) is 112 Å². The molecule has 12 heteroatoms. The lowest BCUT2D eigenvalue weighted by Gasteiger charge is -2.50. The van der Waals surface area contributed by atoms with Gasteiger partial charge in [-0.25, -0.2) is 0 Å². The minimum Gasteiger partial charge on any atom is -0.374 e. The molecule has 11 nitrogen and oxygen atoms in total. The zero-order valence-electron chi connectivity index (χ0n) is 45.3. The molecule has 2 heterocycles. The molecule has 0 radical (unpaired) electrons. The molecule has 2 aliphatic heterocycles. The molecule has 2 aliphatic rings. The maximum absolute atomic E-state index is 11.7. The predicted octanol–water partition coefficient (Wildman–Crippen LogP) is 12.8. The molecule has 0 aliphatic carbocycles. The van der Waals surface area contributed by atoms with Crippen LogP contribution < -0.4 is 0 Å². The number of thioether (sulfide) groups is 1. The Bertz CT molecular complexity index is 3000. The molecule has 0 amide bonds. The summed E-state index contributed by atoms with van der Waals surface area (Å²) in [5.41, 5.74) is 7.54. The molecule has 2 saturated heterocycles. The Morgan fingerprint density at radius 2 is 0.654 bits per heavy atom. The fourth-order valence-corrected chi connectivity index (χ4v) is 11.0. The largest absolute Gasteiger partial charge is 0.374 e. The summed E-state index contributed by atoms with van der Waals surface area (Å²) in [6, 6.07) is 78.2. The maximum atomic E-state index is 11.7. The van der Waals surface area contributed by atoms with Crippen LogP contribution in [-0.4, -0.2) is 86.5 Å². The molecular formula is C69H70O11S. The van der Waals surface area contributed by atoms with E-state index in [4.69, 9.17) is 47.4 Å².